The van der Waals surface area contributed by atoms with Gasteiger partial charge in [0, 0.05) is 16.3 Å². The predicted octanol–water partition coefficient (Wildman–Crippen LogP) is 4.94. The van der Waals surface area contributed by atoms with E-state index in [1.807, 2.05) is 18.2 Å². The van der Waals surface area contributed by atoms with Crippen molar-refractivity contribution in [3.05, 3.63) is 68.8 Å². The Labute approximate surface area is 196 Å². The summed E-state index contributed by atoms with van der Waals surface area (Å²) in [5.41, 5.74) is 2.70. The Morgan fingerprint density at radius 3 is 2.58 bits per heavy atom. The molecule has 0 radical (unpaired) electrons. The number of thiocarbonyl (C=S) groups is 1. The number of nitrogens with one attached hydrogen (secondary N) is 2. The maximum absolute atomic E-state index is 12.6. The van der Waals surface area contributed by atoms with Gasteiger partial charge in [-0.15, -0.1) is 0 Å². The van der Waals surface area contributed by atoms with Crippen molar-refractivity contribution in [2.24, 2.45) is 0 Å². The number of esters is 1. The molecule has 1 aliphatic heterocycles. The number of halogens is 2. The summed E-state index contributed by atoms with van der Waals surface area (Å²) in [4.78, 5) is 12.6. The highest BCUT2D eigenvalue weighted by Gasteiger charge is 2.31. The predicted molar refractivity (Wildman–Crippen MR) is 125 cm³/mol. The highest BCUT2D eigenvalue weighted by Crippen LogP contribution is 2.33. The fourth-order valence-electron chi connectivity index (χ4n) is 3.26. The minimum Gasteiger partial charge on any atom is -0.496 e. The van der Waals surface area contributed by atoms with E-state index in [2.05, 4.69) is 10.6 Å². The number of ether oxygens (including phenoxy) is 3. The maximum atomic E-state index is 12.6. The largest absolute Gasteiger partial charge is 0.496 e. The summed E-state index contributed by atoms with van der Waals surface area (Å²) in [5.74, 6) is 0.737. The van der Waals surface area contributed by atoms with Gasteiger partial charge < -0.3 is 24.8 Å². The highest BCUT2D eigenvalue weighted by atomic mass is 35.5. The van der Waals surface area contributed by atoms with Crippen LogP contribution in [0.3, 0.4) is 0 Å². The van der Waals surface area contributed by atoms with Crippen LogP contribution < -0.4 is 20.1 Å². The Bertz CT molecular complexity index is 1040. The standard InChI is InChI=1S/C22H22Cl2N2O4S/c1-4-29-21(27)19-12(2)25-22(31)26-20(19)13-5-7-17(28-3)14(9-13)11-30-18-8-6-15(23)10-16(18)24/h5-10,20H,4,11H2,1-3H3,(H2,25,26,31)/t20-/m0/s1. The van der Waals surface area contributed by atoms with E-state index in [4.69, 9.17) is 49.6 Å². The maximum Gasteiger partial charge on any atom is 0.338 e. The second-order valence-corrected chi connectivity index (χ2v) is 7.98. The van der Waals surface area contributed by atoms with Gasteiger partial charge in [-0.25, -0.2) is 4.79 Å². The van der Waals surface area contributed by atoms with Crippen LogP contribution in [0.25, 0.3) is 0 Å². The van der Waals surface area contributed by atoms with E-state index < -0.39 is 12.0 Å². The topological polar surface area (TPSA) is 68.8 Å². The van der Waals surface area contributed by atoms with E-state index >= 15 is 0 Å². The molecule has 3 rings (SSSR count). The Morgan fingerprint density at radius 2 is 1.90 bits per heavy atom. The summed E-state index contributed by atoms with van der Waals surface area (Å²) in [7, 11) is 1.58. The van der Waals surface area contributed by atoms with Crippen LogP contribution in [-0.2, 0) is 16.1 Å². The van der Waals surface area contributed by atoms with Crippen molar-refractivity contribution in [1.82, 2.24) is 10.6 Å². The highest BCUT2D eigenvalue weighted by molar-refractivity contribution is 7.80. The molecule has 0 saturated heterocycles. The van der Waals surface area contributed by atoms with Crippen LogP contribution in [0.5, 0.6) is 11.5 Å². The number of carbonyl (C=O) groups is 1. The lowest BCUT2D eigenvalue weighted by Crippen LogP contribution is -2.45. The van der Waals surface area contributed by atoms with Crippen molar-refractivity contribution in [2.45, 2.75) is 26.5 Å². The molecule has 0 bridgehead atoms. The zero-order chi connectivity index (χ0) is 22.5. The third-order valence-electron chi connectivity index (χ3n) is 4.68. The van der Waals surface area contributed by atoms with Crippen molar-refractivity contribution in [2.75, 3.05) is 13.7 Å². The van der Waals surface area contributed by atoms with Gasteiger partial charge in [0.15, 0.2) is 5.11 Å². The quantitative estimate of drug-likeness (QED) is 0.429. The van der Waals surface area contributed by atoms with Crippen molar-refractivity contribution < 1.29 is 19.0 Å². The molecule has 2 N–H and O–H groups in total. The van der Waals surface area contributed by atoms with Gasteiger partial charge in [-0.3, -0.25) is 0 Å². The van der Waals surface area contributed by atoms with Crippen LogP contribution in [0.15, 0.2) is 47.7 Å². The molecule has 0 fully saturated rings. The number of carbonyl (C=O) groups excluding carboxylic acids is 1. The van der Waals surface area contributed by atoms with E-state index in [1.54, 1.807) is 39.2 Å². The first kappa shape index (κ1) is 23.2. The van der Waals surface area contributed by atoms with Crippen molar-refractivity contribution in [3.63, 3.8) is 0 Å². The van der Waals surface area contributed by atoms with Crippen LogP contribution in [0.1, 0.15) is 31.0 Å². The average molecular weight is 481 g/mol. The lowest BCUT2D eigenvalue weighted by atomic mass is 9.94. The van der Waals surface area contributed by atoms with Crippen molar-refractivity contribution in [1.29, 1.82) is 0 Å². The minimum absolute atomic E-state index is 0.200. The lowest BCUT2D eigenvalue weighted by Gasteiger charge is -2.30. The Kier molecular flexibility index (Phi) is 7.64. The van der Waals surface area contributed by atoms with Crippen molar-refractivity contribution in [3.8, 4) is 11.5 Å². The summed E-state index contributed by atoms with van der Waals surface area (Å²) in [6.45, 7) is 4.03. The number of hydrogen-bond acceptors (Lipinski definition) is 5. The zero-order valence-corrected chi connectivity index (χ0v) is 19.6. The molecule has 2 aromatic rings. The molecular weight excluding hydrogens is 459 g/mol. The average Bonchev–Trinajstić information content (AvgIpc) is 2.72. The first-order valence-corrected chi connectivity index (χ1v) is 10.7. The Balaban J connectivity index is 1.93. The van der Waals surface area contributed by atoms with Gasteiger partial charge >= 0.3 is 5.97 Å². The molecule has 1 atom stereocenters. The molecule has 0 unspecified atom stereocenters. The van der Waals surface area contributed by atoms with Gasteiger partial charge in [-0.2, -0.15) is 0 Å². The van der Waals surface area contributed by atoms with Gasteiger partial charge in [-0.05, 0) is 62.0 Å². The summed E-state index contributed by atoms with van der Waals surface area (Å²) >= 11 is 17.5. The number of rotatable bonds is 7. The first-order valence-electron chi connectivity index (χ1n) is 9.54. The van der Waals surface area contributed by atoms with E-state index in [0.717, 1.165) is 11.1 Å². The number of benzene rings is 2. The van der Waals surface area contributed by atoms with Crippen LogP contribution in [0.2, 0.25) is 10.0 Å². The summed E-state index contributed by atoms with van der Waals surface area (Å²) in [6.07, 6.45) is 0. The molecule has 1 aliphatic rings. The number of hydrogen-bond donors (Lipinski definition) is 2. The molecule has 0 saturated carbocycles. The Hall–Kier alpha value is -2.48. The lowest BCUT2D eigenvalue weighted by molar-refractivity contribution is -0.139. The molecule has 0 aromatic heterocycles. The third-order valence-corrected chi connectivity index (χ3v) is 5.43. The van der Waals surface area contributed by atoms with Gasteiger partial charge in [0.1, 0.15) is 18.1 Å². The second kappa shape index (κ2) is 10.2. The SMILES string of the molecule is CCOC(=O)C1=C(C)NC(=S)N[C@H]1c1ccc(OC)c(COc2ccc(Cl)cc2Cl)c1. The molecule has 1 heterocycles. The molecule has 164 valence electrons. The zero-order valence-electron chi connectivity index (χ0n) is 17.3. The van der Waals surface area contributed by atoms with Crippen molar-refractivity contribution >= 4 is 46.5 Å². The second-order valence-electron chi connectivity index (χ2n) is 6.73. The van der Waals surface area contributed by atoms with Crippen LogP contribution in [-0.4, -0.2) is 24.8 Å². The Morgan fingerprint density at radius 1 is 1.16 bits per heavy atom. The van der Waals surface area contributed by atoms with Crippen LogP contribution in [0, 0.1) is 0 Å². The van der Waals surface area contributed by atoms with E-state index in [-0.39, 0.29) is 13.2 Å². The number of methoxy groups -OCH3 is 1. The normalized spacial score (nSPS) is 15.8. The molecular formula is C22H22Cl2N2O4S. The third kappa shape index (κ3) is 5.42. The summed E-state index contributed by atoms with van der Waals surface area (Å²) < 4.78 is 16.6. The smallest absolute Gasteiger partial charge is 0.338 e. The van der Waals surface area contributed by atoms with E-state index in [1.165, 1.54) is 0 Å². The first-order chi connectivity index (χ1) is 14.8. The molecule has 2 aromatic carbocycles. The summed E-state index contributed by atoms with van der Waals surface area (Å²) in [6, 6.07) is 10.1. The minimum atomic E-state index is -0.475. The summed E-state index contributed by atoms with van der Waals surface area (Å²) in [5, 5.41) is 7.51. The monoisotopic (exact) mass is 480 g/mol. The molecule has 31 heavy (non-hydrogen) atoms. The van der Waals surface area contributed by atoms with Crippen LogP contribution >= 0.6 is 35.4 Å². The van der Waals surface area contributed by atoms with Crippen LogP contribution in [0.4, 0.5) is 0 Å². The molecule has 9 heteroatoms. The van der Waals surface area contributed by atoms with Gasteiger partial charge in [-0.1, -0.05) is 29.3 Å². The van der Waals surface area contributed by atoms with E-state index in [9.17, 15) is 4.79 Å². The van der Waals surface area contributed by atoms with Gasteiger partial charge in [0.05, 0.1) is 30.4 Å². The molecule has 0 aliphatic carbocycles. The fourth-order valence-corrected chi connectivity index (χ4v) is 4.00. The fraction of sp³-hybridized carbons (Fsp3) is 0.273. The molecule has 6 nitrogen and oxygen atoms in total. The van der Waals surface area contributed by atoms with Gasteiger partial charge in [0.2, 0.25) is 0 Å². The number of allylic oxidation sites excluding steroid dienone is 1. The molecule has 0 spiro atoms. The molecule has 0 amide bonds. The van der Waals surface area contributed by atoms with Gasteiger partial charge in [0.25, 0.3) is 0 Å². The van der Waals surface area contributed by atoms with E-state index in [0.29, 0.717) is 37.9 Å².